The van der Waals surface area contributed by atoms with E-state index in [1.807, 2.05) is 50.8 Å². The Morgan fingerprint density at radius 3 is 2.80 bits per heavy atom. The number of carbonyl (C=O) groups is 2. The number of rotatable bonds is 3. The zero-order chi connectivity index (χ0) is 14.9. The molecule has 1 heterocycles. The van der Waals surface area contributed by atoms with Gasteiger partial charge in [-0.1, -0.05) is 17.7 Å². The number of nitrogens with one attached hydrogen (secondary N) is 1. The second-order valence-corrected chi connectivity index (χ2v) is 5.56. The first-order chi connectivity index (χ1) is 9.41. The zero-order valence-electron chi connectivity index (χ0n) is 12.6. The molecule has 108 valence electrons. The van der Waals surface area contributed by atoms with Gasteiger partial charge in [-0.2, -0.15) is 0 Å². The Bertz CT molecular complexity index is 539. The standard InChI is InChI=1S/C16H22N2O2/c1-10-5-6-11(2)14(9-10)15(19)12(3)18-8-7-17-16(20)13(18)4/h5-6,9,12-13H,7-8H2,1-4H3,(H,17,20). The molecule has 2 rings (SSSR count). The summed E-state index contributed by atoms with van der Waals surface area (Å²) < 4.78 is 0. The number of piperazine rings is 1. The van der Waals surface area contributed by atoms with Gasteiger partial charge in [0.2, 0.25) is 5.91 Å². The molecule has 0 radical (unpaired) electrons. The highest BCUT2D eigenvalue weighted by Crippen LogP contribution is 2.18. The summed E-state index contributed by atoms with van der Waals surface area (Å²) in [6, 6.07) is 5.38. The first-order valence-corrected chi connectivity index (χ1v) is 7.06. The Morgan fingerprint density at radius 1 is 1.40 bits per heavy atom. The molecule has 0 saturated carbocycles. The molecule has 1 aromatic rings. The predicted octanol–water partition coefficient (Wildman–Crippen LogP) is 1.69. The summed E-state index contributed by atoms with van der Waals surface area (Å²) in [6.07, 6.45) is 0. The topological polar surface area (TPSA) is 49.4 Å². The lowest BCUT2D eigenvalue weighted by molar-refractivity contribution is -0.128. The van der Waals surface area contributed by atoms with Gasteiger partial charge >= 0.3 is 0 Å². The molecule has 1 aliphatic rings. The summed E-state index contributed by atoms with van der Waals surface area (Å²) in [5.74, 6) is 0.0876. The largest absolute Gasteiger partial charge is 0.353 e. The number of nitrogens with zero attached hydrogens (tertiary/aromatic N) is 1. The van der Waals surface area contributed by atoms with Gasteiger partial charge in [0.05, 0.1) is 12.1 Å². The van der Waals surface area contributed by atoms with Crippen molar-refractivity contribution in [3.05, 3.63) is 34.9 Å². The molecular weight excluding hydrogens is 252 g/mol. The Morgan fingerprint density at radius 2 is 2.10 bits per heavy atom. The molecule has 0 spiro atoms. The van der Waals surface area contributed by atoms with Crippen LogP contribution in [0, 0.1) is 13.8 Å². The van der Waals surface area contributed by atoms with Crippen molar-refractivity contribution < 1.29 is 9.59 Å². The Labute approximate surface area is 120 Å². The summed E-state index contributed by atoms with van der Waals surface area (Å²) in [4.78, 5) is 26.4. The van der Waals surface area contributed by atoms with Crippen LogP contribution in [0.25, 0.3) is 0 Å². The molecule has 4 nitrogen and oxygen atoms in total. The van der Waals surface area contributed by atoms with E-state index in [9.17, 15) is 9.59 Å². The third-order valence-corrected chi connectivity index (χ3v) is 4.08. The molecular formula is C16H22N2O2. The van der Waals surface area contributed by atoms with Crippen molar-refractivity contribution in [2.45, 2.75) is 39.8 Å². The van der Waals surface area contributed by atoms with Crippen molar-refractivity contribution >= 4 is 11.7 Å². The van der Waals surface area contributed by atoms with Crippen LogP contribution < -0.4 is 5.32 Å². The average Bonchev–Trinajstić information content (AvgIpc) is 2.43. The third kappa shape index (κ3) is 2.75. The lowest BCUT2D eigenvalue weighted by Crippen LogP contribution is -2.58. The van der Waals surface area contributed by atoms with E-state index < -0.39 is 0 Å². The van der Waals surface area contributed by atoms with Gasteiger partial charge in [-0.15, -0.1) is 0 Å². The monoisotopic (exact) mass is 274 g/mol. The first-order valence-electron chi connectivity index (χ1n) is 7.06. The van der Waals surface area contributed by atoms with Crippen LogP contribution in [-0.4, -0.2) is 41.8 Å². The van der Waals surface area contributed by atoms with Gasteiger partial charge in [-0.25, -0.2) is 0 Å². The number of hydrogen-bond donors (Lipinski definition) is 1. The molecule has 1 amide bonds. The Hall–Kier alpha value is -1.68. The van der Waals surface area contributed by atoms with Crippen molar-refractivity contribution in [2.24, 2.45) is 0 Å². The first kappa shape index (κ1) is 14.7. The van der Waals surface area contributed by atoms with Crippen LogP contribution in [0.15, 0.2) is 18.2 Å². The van der Waals surface area contributed by atoms with E-state index in [0.717, 1.165) is 16.7 Å². The second-order valence-electron chi connectivity index (χ2n) is 5.56. The maximum Gasteiger partial charge on any atom is 0.237 e. The zero-order valence-corrected chi connectivity index (χ0v) is 12.6. The average molecular weight is 274 g/mol. The van der Waals surface area contributed by atoms with Gasteiger partial charge in [0, 0.05) is 18.7 Å². The number of aryl methyl sites for hydroxylation is 2. The molecule has 4 heteroatoms. The highest BCUT2D eigenvalue weighted by Gasteiger charge is 2.32. The molecule has 1 saturated heterocycles. The normalized spacial score (nSPS) is 21.4. The van der Waals surface area contributed by atoms with Crippen LogP contribution in [0.2, 0.25) is 0 Å². The summed E-state index contributed by atoms with van der Waals surface area (Å²) in [5, 5.41) is 2.82. The molecule has 0 aromatic heterocycles. The van der Waals surface area contributed by atoms with Crippen LogP contribution in [-0.2, 0) is 4.79 Å². The van der Waals surface area contributed by atoms with Crippen molar-refractivity contribution in [3.8, 4) is 0 Å². The number of carbonyl (C=O) groups excluding carboxylic acids is 2. The lowest BCUT2D eigenvalue weighted by atomic mass is 9.96. The van der Waals surface area contributed by atoms with Gasteiger partial charge in [0.25, 0.3) is 0 Å². The number of hydrogen-bond acceptors (Lipinski definition) is 3. The highest BCUT2D eigenvalue weighted by molar-refractivity contribution is 6.01. The number of Topliss-reactive ketones (excluding diaryl/α,β-unsaturated/α-hetero) is 1. The van der Waals surface area contributed by atoms with Crippen molar-refractivity contribution in [1.82, 2.24) is 10.2 Å². The molecule has 20 heavy (non-hydrogen) atoms. The molecule has 1 fully saturated rings. The van der Waals surface area contributed by atoms with Crippen LogP contribution in [0.1, 0.15) is 35.3 Å². The van der Waals surface area contributed by atoms with Gasteiger partial charge in [-0.05, 0) is 39.3 Å². The van der Waals surface area contributed by atoms with E-state index in [0.29, 0.717) is 13.1 Å². The van der Waals surface area contributed by atoms with Crippen LogP contribution in [0.5, 0.6) is 0 Å². The highest BCUT2D eigenvalue weighted by atomic mass is 16.2. The van der Waals surface area contributed by atoms with Gasteiger partial charge < -0.3 is 5.32 Å². The fourth-order valence-electron chi connectivity index (χ4n) is 2.71. The molecule has 2 atom stereocenters. The van der Waals surface area contributed by atoms with Crippen molar-refractivity contribution in [3.63, 3.8) is 0 Å². The minimum absolute atomic E-state index is 0.00290. The minimum atomic E-state index is -0.281. The molecule has 0 bridgehead atoms. The van der Waals surface area contributed by atoms with E-state index in [4.69, 9.17) is 0 Å². The fourth-order valence-corrected chi connectivity index (χ4v) is 2.71. The molecule has 2 unspecified atom stereocenters. The minimum Gasteiger partial charge on any atom is -0.353 e. The van der Waals surface area contributed by atoms with Gasteiger partial charge in [-0.3, -0.25) is 14.5 Å². The maximum atomic E-state index is 12.7. The van der Waals surface area contributed by atoms with E-state index in [1.54, 1.807) is 0 Å². The summed E-state index contributed by atoms with van der Waals surface area (Å²) in [7, 11) is 0. The van der Waals surface area contributed by atoms with Crippen molar-refractivity contribution in [2.75, 3.05) is 13.1 Å². The van der Waals surface area contributed by atoms with E-state index in [-0.39, 0.29) is 23.8 Å². The second kappa shape index (κ2) is 5.75. The number of ketones is 1. The maximum absolute atomic E-state index is 12.7. The van der Waals surface area contributed by atoms with E-state index in [2.05, 4.69) is 5.32 Å². The van der Waals surface area contributed by atoms with Crippen LogP contribution in [0.3, 0.4) is 0 Å². The fraction of sp³-hybridized carbons (Fsp3) is 0.500. The number of amides is 1. The summed E-state index contributed by atoms with van der Waals surface area (Å²) in [6.45, 7) is 8.99. The summed E-state index contributed by atoms with van der Waals surface area (Å²) >= 11 is 0. The summed E-state index contributed by atoms with van der Waals surface area (Å²) in [5.41, 5.74) is 2.83. The smallest absolute Gasteiger partial charge is 0.237 e. The van der Waals surface area contributed by atoms with Crippen LogP contribution >= 0.6 is 0 Å². The van der Waals surface area contributed by atoms with Crippen molar-refractivity contribution in [1.29, 1.82) is 0 Å². The van der Waals surface area contributed by atoms with Gasteiger partial charge in [0.15, 0.2) is 5.78 Å². The molecule has 0 aliphatic carbocycles. The van der Waals surface area contributed by atoms with E-state index >= 15 is 0 Å². The molecule has 1 aromatic carbocycles. The quantitative estimate of drug-likeness (QED) is 0.853. The number of benzene rings is 1. The van der Waals surface area contributed by atoms with Crippen LogP contribution in [0.4, 0.5) is 0 Å². The molecule has 1 aliphatic heterocycles. The molecule has 1 N–H and O–H groups in total. The Balaban J connectivity index is 2.24. The SMILES string of the molecule is Cc1ccc(C)c(C(=O)C(C)N2CCNC(=O)C2C)c1. The van der Waals surface area contributed by atoms with E-state index in [1.165, 1.54) is 0 Å². The van der Waals surface area contributed by atoms with Gasteiger partial charge in [0.1, 0.15) is 0 Å². The predicted molar refractivity (Wildman–Crippen MR) is 78.9 cm³/mol. The third-order valence-electron chi connectivity index (χ3n) is 4.08. The Kier molecular flexibility index (Phi) is 4.23. The lowest BCUT2D eigenvalue weighted by Gasteiger charge is -2.36.